The largest absolute Gasteiger partial charge is 0.475 e. The number of fused-ring (bicyclic) bond motifs is 3. The Labute approximate surface area is 491 Å². The topological polar surface area (TPSA) is 472 Å². The molecule has 3 aliphatic heterocycles. The Morgan fingerprint density at radius 1 is 0.472 bits per heavy atom. The van der Waals surface area contributed by atoms with Crippen molar-refractivity contribution in [2.24, 2.45) is 0 Å². The molecule has 12 N–H and O–H groups in total. The first-order valence-electron chi connectivity index (χ1n) is 26.3. The van der Waals surface area contributed by atoms with Crippen LogP contribution in [0.3, 0.4) is 0 Å². The first-order valence-corrected chi connectivity index (χ1v) is 27.8. The van der Waals surface area contributed by atoms with Crippen molar-refractivity contribution in [3.8, 4) is 0 Å². The zero-order valence-electron chi connectivity index (χ0n) is 44.8. The molecule has 34 nitrogen and oxygen atoms in total. The van der Waals surface area contributed by atoms with E-state index >= 15 is 0 Å². The quantitative estimate of drug-likeness (QED) is 0.0485. The van der Waals surface area contributed by atoms with Gasteiger partial charge in [-0.05, 0) is 36.4 Å². The number of nitrogens with zero attached hydrogens (tertiary/aromatic N) is 9. The molecule has 0 spiro atoms. The van der Waals surface area contributed by atoms with E-state index in [1.165, 1.54) is 54.6 Å². The summed E-state index contributed by atoms with van der Waals surface area (Å²) in [7, 11) is -5.29. The predicted molar refractivity (Wildman–Crippen MR) is 291 cm³/mol. The Bertz CT molecular complexity index is 4050. The third-order valence-electron chi connectivity index (χ3n) is 14.4. The van der Waals surface area contributed by atoms with Crippen LogP contribution in [0, 0.1) is 17.5 Å². The van der Waals surface area contributed by atoms with E-state index in [-0.39, 0.29) is 33.5 Å². The van der Waals surface area contributed by atoms with Gasteiger partial charge in [0.1, 0.15) is 72.4 Å². The van der Waals surface area contributed by atoms with Gasteiger partial charge in [-0.25, -0.2) is 32.7 Å². The Kier molecular flexibility index (Phi) is 16.2. The summed E-state index contributed by atoms with van der Waals surface area (Å²) in [6.07, 6.45) is -18.6. The van der Waals surface area contributed by atoms with Gasteiger partial charge in [0.25, 0.3) is 34.4 Å². The molecule has 0 unspecified atom stereocenters. The minimum Gasteiger partial charge on any atom is -0.387 e. The number of aromatic nitrogens is 12. The van der Waals surface area contributed by atoms with E-state index in [1.807, 2.05) is 0 Å². The van der Waals surface area contributed by atoms with Crippen LogP contribution in [-0.4, -0.2) is 182 Å². The lowest BCUT2D eigenvalue weighted by Crippen LogP contribution is -2.35. The molecule has 3 fully saturated rings. The van der Waals surface area contributed by atoms with Gasteiger partial charge in [0.2, 0.25) is 17.8 Å². The lowest BCUT2D eigenvalue weighted by molar-refractivity contribution is -0.0723. The summed E-state index contributed by atoms with van der Waals surface area (Å²) < 4.78 is 96.1. The van der Waals surface area contributed by atoms with E-state index in [9.17, 15) is 77.1 Å². The second-order valence-corrected chi connectivity index (χ2v) is 21.7. The Morgan fingerprint density at radius 2 is 0.742 bits per heavy atom. The van der Waals surface area contributed by atoms with Crippen LogP contribution < -0.4 is 32.6 Å². The highest BCUT2D eigenvalue weighted by Gasteiger charge is 2.50. The molecule has 9 heterocycles. The number of ether oxygens (including phenoxy) is 3. The number of benzene rings is 3. The number of H-pyrrole nitrogens is 3. The van der Waals surface area contributed by atoms with Crippen LogP contribution in [0.15, 0.2) is 106 Å². The highest BCUT2D eigenvalue weighted by molar-refractivity contribution is 7.48. The first-order chi connectivity index (χ1) is 42.6. The number of phosphoric acid groups is 1. The minimum absolute atomic E-state index is 0.324. The van der Waals surface area contributed by atoms with E-state index in [1.54, 1.807) is 0 Å². The van der Waals surface area contributed by atoms with E-state index in [2.05, 4.69) is 60.8 Å². The number of imidazole rings is 3. The van der Waals surface area contributed by atoms with Gasteiger partial charge in [-0.3, -0.25) is 86.9 Å². The number of hydrogen-bond acceptors (Lipinski definition) is 25. The molecule has 12 rings (SSSR count). The van der Waals surface area contributed by atoms with Crippen molar-refractivity contribution in [2.45, 2.75) is 73.6 Å². The Morgan fingerprint density at radius 3 is 1.01 bits per heavy atom. The average molecular weight is 1260 g/mol. The molecule has 3 aliphatic rings. The fourth-order valence-corrected chi connectivity index (χ4v) is 11.1. The number of nitrogens with one attached hydrogen (secondary N) is 6. The van der Waals surface area contributed by atoms with Gasteiger partial charge in [0.05, 0.1) is 55.5 Å². The number of halogens is 3. The summed E-state index contributed by atoms with van der Waals surface area (Å²) in [5.74, 6) is -7.14. The Hall–Kier alpha value is -9.34. The van der Waals surface area contributed by atoms with Crippen LogP contribution in [0.4, 0.5) is 31.0 Å². The van der Waals surface area contributed by atoms with E-state index in [4.69, 9.17) is 27.8 Å². The Balaban J connectivity index is 0.785. The maximum absolute atomic E-state index is 14.9. The number of hydrogen-bond donors (Lipinski definition) is 12. The summed E-state index contributed by atoms with van der Waals surface area (Å²) in [5.41, 5.74) is -5.93. The van der Waals surface area contributed by atoms with Gasteiger partial charge in [-0.2, -0.15) is 15.0 Å². The van der Waals surface area contributed by atoms with Crippen LogP contribution in [0.25, 0.3) is 33.5 Å². The van der Waals surface area contributed by atoms with Crippen molar-refractivity contribution in [3.63, 3.8) is 0 Å². The smallest absolute Gasteiger partial charge is 0.387 e. The van der Waals surface area contributed by atoms with Gasteiger partial charge < -0.3 is 44.8 Å². The number of anilines is 3. The third kappa shape index (κ3) is 11.5. The molecular weight excluding hydrogens is 1210 g/mol. The first kappa shape index (κ1) is 60.0. The number of rotatable bonds is 18. The summed E-state index contributed by atoms with van der Waals surface area (Å²) in [6, 6.07) is 14.8. The molecule has 6 aromatic heterocycles. The van der Waals surface area contributed by atoms with Gasteiger partial charge in [0, 0.05) is 0 Å². The summed E-state index contributed by atoms with van der Waals surface area (Å²) in [5, 5.41) is 74.9. The summed E-state index contributed by atoms with van der Waals surface area (Å²) >= 11 is 0. The lowest BCUT2D eigenvalue weighted by atomic mass is 10.1. The number of carbonyl (C=O) groups excluding carboxylic acids is 3. The lowest BCUT2D eigenvalue weighted by Gasteiger charge is -2.24. The monoisotopic (exact) mass is 1260 g/mol. The number of carbonyl (C=O) groups is 3. The normalized spacial score (nSPS) is 24.5. The molecule has 89 heavy (non-hydrogen) atoms. The van der Waals surface area contributed by atoms with Crippen LogP contribution in [0.2, 0.25) is 0 Å². The molecule has 38 heteroatoms. The highest BCUT2D eigenvalue weighted by Crippen LogP contribution is 2.52. The van der Waals surface area contributed by atoms with Crippen LogP contribution in [-0.2, 0) is 32.3 Å². The summed E-state index contributed by atoms with van der Waals surface area (Å²) in [4.78, 5) is 110. The zero-order valence-corrected chi connectivity index (χ0v) is 45.7. The molecule has 0 aliphatic carbocycles. The molecule has 9 aromatic rings. The standard InChI is InChI=1S/C51H45F3N15O19P/c52-22-10-4-1-7-19(22)40(76)61-49-58-37-28(43(79)64-49)55-16-67(37)46-34(73)31(70)25(86-46)13-83-89(82,84-14-26-32(71)35(74)47(87-26)68-17-56-29-38(68)59-50(65-44(29)80)62-41(77)20-8-2-5-11-23(20)53)85-15-27-33(72)36(75)48(88-27)69-18-57-30-39(69)60-51(66-45(30)81)63-42(78)21-9-3-6-12-24(21)54/h1-12,16-18,25-27,31-36,46-48,70-75H,13-15H2,(H2,58,61,64,76,79)(H2,59,62,65,77,80)(H2,60,63,66,78,81)/t25-,26-,27-,31-,32-,33-,34-,35-,36-,46-,47-,48-/m1/s1. The second-order valence-electron chi connectivity index (χ2n) is 20.0. The van der Waals surface area contributed by atoms with Crippen molar-refractivity contribution in [1.29, 1.82) is 0 Å². The van der Waals surface area contributed by atoms with Gasteiger partial charge in [-0.15, -0.1) is 0 Å². The molecule has 0 saturated carbocycles. The number of aliphatic hydroxyl groups is 6. The average Bonchev–Trinajstić information content (AvgIpc) is 1.71. The maximum Gasteiger partial charge on any atom is 0.475 e. The molecular formula is C51H45F3N15O19P. The summed E-state index contributed by atoms with van der Waals surface area (Å²) in [6.45, 7) is -3.03. The SMILES string of the molecule is O=C(Nc1nc2c(ncn2[C@@H]2O[C@H](COP(=O)(OC[C@H]3O[C@@H](n4cnc5c(=O)[nH]c(NC(=O)c6ccccc6F)nc54)[C@H](O)[C@@H]3O)OC[C@H]3O[C@@H](n4cnc5c(=O)[nH]c(NC(=O)c6ccccc6F)nc54)[C@H](O)[C@@H]3O)[C@@H](O)[C@H]2O)c(=O)[nH]1)c1ccccc1F. The maximum atomic E-state index is 14.9. The van der Waals surface area contributed by atoms with Crippen LogP contribution in [0.5, 0.6) is 0 Å². The molecule has 464 valence electrons. The van der Waals surface area contributed by atoms with E-state index in [0.717, 1.165) is 50.9 Å². The van der Waals surface area contributed by atoms with Crippen molar-refractivity contribution in [2.75, 3.05) is 35.8 Å². The molecule has 3 aromatic carbocycles. The third-order valence-corrected chi connectivity index (χ3v) is 15.8. The molecule has 3 amide bonds. The molecule has 3 saturated heterocycles. The van der Waals surface area contributed by atoms with Gasteiger partial charge in [-0.1, -0.05) is 36.4 Å². The van der Waals surface area contributed by atoms with Crippen molar-refractivity contribution in [3.05, 3.63) is 157 Å². The minimum atomic E-state index is -5.29. The van der Waals surface area contributed by atoms with Gasteiger partial charge >= 0.3 is 7.82 Å². The molecule has 0 bridgehead atoms. The molecule has 12 atom stereocenters. The fraction of sp³-hybridized carbons (Fsp3) is 0.294. The number of aromatic amines is 3. The van der Waals surface area contributed by atoms with Crippen LogP contribution in [0.1, 0.15) is 49.8 Å². The fourth-order valence-electron chi connectivity index (χ4n) is 9.87. The highest BCUT2D eigenvalue weighted by atomic mass is 31.2. The number of aliphatic hydroxyl groups excluding tert-OH is 6. The zero-order chi connectivity index (χ0) is 62.7. The molecule has 0 radical (unpaired) electrons. The van der Waals surface area contributed by atoms with Crippen molar-refractivity contribution < 1.29 is 90.5 Å². The van der Waals surface area contributed by atoms with Crippen LogP contribution >= 0.6 is 7.82 Å². The predicted octanol–water partition coefficient (Wildman–Crippen LogP) is -0.424. The van der Waals surface area contributed by atoms with E-state index in [0.29, 0.717) is 0 Å². The number of phosphoric ester groups is 1. The van der Waals surface area contributed by atoms with Gasteiger partial charge in [0.15, 0.2) is 52.2 Å². The second kappa shape index (κ2) is 24.0. The van der Waals surface area contributed by atoms with Crippen molar-refractivity contribution in [1.82, 2.24) is 58.6 Å². The number of amides is 3. The van der Waals surface area contributed by atoms with E-state index < -0.39 is 188 Å². The van der Waals surface area contributed by atoms with Crippen molar-refractivity contribution >= 4 is 76.9 Å².